The van der Waals surface area contributed by atoms with Crippen LogP contribution in [0.3, 0.4) is 0 Å². The highest BCUT2D eigenvalue weighted by atomic mass is 35.5. The molecule has 20 heavy (non-hydrogen) atoms. The van der Waals surface area contributed by atoms with E-state index in [1.165, 1.54) is 7.11 Å². The van der Waals surface area contributed by atoms with Crippen LogP contribution in [-0.2, 0) is 18.6 Å². The van der Waals surface area contributed by atoms with Crippen LogP contribution in [0, 0.1) is 0 Å². The van der Waals surface area contributed by atoms with Crippen molar-refractivity contribution in [1.29, 1.82) is 0 Å². The largest absolute Gasteiger partial charge is 0.394 e. The standard InChI is InChI=1S/C10H19Cl2N2O5P/c1-17-10-9-8(7(6-15)18-10)13-20(16,19-9)14(4-2-11)5-3-12/h7-10,15H,2-6H2,1H3,(H,13,16)/t7-,8+,9+,10-,20-/m1/s1. The molecule has 10 heteroatoms. The zero-order valence-electron chi connectivity index (χ0n) is 11.1. The lowest BCUT2D eigenvalue weighted by molar-refractivity contribution is -0.149. The summed E-state index contributed by atoms with van der Waals surface area (Å²) in [6.07, 6.45) is -1.71. The molecule has 2 N–H and O–H groups in total. The van der Waals surface area contributed by atoms with Gasteiger partial charge in [0.1, 0.15) is 12.2 Å². The van der Waals surface area contributed by atoms with Gasteiger partial charge in [-0.2, -0.15) is 0 Å². The molecule has 0 radical (unpaired) electrons. The SMILES string of the molecule is CO[C@@H]1O[C@H](CO)[C@@H]2N[P@](=O)(N(CCCl)CCCl)O[C@H]12. The first-order chi connectivity index (χ1) is 9.59. The molecule has 5 atom stereocenters. The van der Waals surface area contributed by atoms with Gasteiger partial charge in [0.2, 0.25) is 0 Å². The van der Waals surface area contributed by atoms with Crippen LogP contribution in [0.4, 0.5) is 0 Å². The fraction of sp³-hybridized carbons (Fsp3) is 1.00. The summed E-state index contributed by atoms with van der Waals surface area (Å²) in [5.41, 5.74) is 0. The summed E-state index contributed by atoms with van der Waals surface area (Å²) in [6.45, 7) is 0.572. The summed E-state index contributed by atoms with van der Waals surface area (Å²) < 4.78 is 30.8. The first-order valence-corrected chi connectivity index (χ1v) is 8.97. The van der Waals surface area contributed by atoms with Gasteiger partial charge >= 0.3 is 7.67 Å². The number of nitrogens with one attached hydrogen (secondary N) is 1. The fourth-order valence-corrected chi connectivity index (χ4v) is 5.41. The molecule has 2 saturated heterocycles. The number of aliphatic hydroxyl groups excluding tert-OH is 1. The molecule has 0 aromatic heterocycles. The van der Waals surface area contributed by atoms with Crippen molar-refractivity contribution in [3.63, 3.8) is 0 Å². The van der Waals surface area contributed by atoms with Gasteiger partial charge in [0.15, 0.2) is 6.29 Å². The number of nitrogens with zero attached hydrogens (tertiary/aromatic N) is 1. The van der Waals surface area contributed by atoms with Gasteiger partial charge in [0.25, 0.3) is 0 Å². The Labute approximate surface area is 128 Å². The van der Waals surface area contributed by atoms with Gasteiger partial charge < -0.3 is 14.6 Å². The molecule has 7 nitrogen and oxygen atoms in total. The van der Waals surface area contributed by atoms with Crippen molar-refractivity contribution in [2.24, 2.45) is 0 Å². The van der Waals surface area contributed by atoms with E-state index in [0.717, 1.165) is 0 Å². The average molecular weight is 349 g/mol. The van der Waals surface area contributed by atoms with Gasteiger partial charge in [-0.3, -0.25) is 9.09 Å². The maximum Gasteiger partial charge on any atom is 0.344 e. The molecule has 2 fully saturated rings. The first-order valence-electron chi connectivity index (χ1n) is 6.32. The zero-order valence-corrected chi connectivity index (χ0v) is 13.5. The van der Waals surface area contributed by atoms with Gasteiger partial charge in [-0.05, 0) is 0 Å². The molecule has 0 unspecified atom stereocenters. The third-order valence-corrected chi connectivity index (χ3v) is 6.01. The average Bonchev–Trinajstić information content (AvgIpc) is 2.93. The van der Waals surface area contributed by atoms with Crippen LogP contribution >= 0.6 is 30.9 Å². The van der Waals surface area contributed by atoms with Gasteiger partial charge in [0.05, 0.1) is 12.6 Å². The monoisotopic (exact) mass is 348 g/mol. The Balaban J connectivity index is 2.14. The Morgan fingerprint density at radius 1 is 1.40 bits per heavy atom. The van der Waals surface area contributed by atoms with E-state index in [2.05, 4.69) is 5.09 Å². The van der Waals surface area contributed by atoms with Crippen LogP contribution in [0.25, 0.3) is 0 Å². The molecule has 2 aliphatic rings. The highest BCUT2D eigenvalue weighted by Gasteiger charge is 2.57. The minimum Gasteiger partial charge on any atom is -0.394 e. The number of hydrogen-bond acceptors (Lipinski definition) is 5. The molecule has 2 rings (SSSR count). The second-order valence-corrected chi connectivity index (χ2v) is 7.37. The van der Waals surface area contributed by atoms with Gasteiger partial charge in [-0.1, -0.05) is 0 Å². The highest BCUT2D eigenvalue weighted by molar-refractivity contribution is 7.54. The Kier molecular flexibility index (Phi) is 6.11. The van der Waals surface area contributed by atoms with E-state index in [9.17, 15) is 9.67 Å². The number of alkyl halides is 2. The number of methoxy groups -OCH3 is 1. The quantitative estimate of drug-likeness (QED) is 0.515. The highest BCUT2D eigenvalue weighted by Crippen LogP contribution is 2.56. The van der Waals surface area contributed by atoms with Gasteiger partial charge in [-0.15, -0.1) is 23.2 Å². The van der Waals surface area contributed by atoms with Crippen molar-refractivity contribution in [2.75, 3.05) is 38.6 Å². The molecular weight excluding hydrogens is 330 g/mol. The number of aliphatic hydroxyl groups is 1. The van der Waals surface area contributed by atoms with E-state index in [1.807, 2.05) is 0 Å². The van der Waals surface area contributed by atoms with Crippen LogP contribution in [-0.4, -0.2) is 72.9 Å². The molecule has 0 saturated carbocycles. The molecule has 0 aliphatic carbocycles. The molecule has 0 spiro atoms. The summed E-state index contributed by atoms with van der Waals surface area (Å²) in [7, 11) is -1.77. The Hall–Kier alpha value is 0.570. The molecular formula is C10H19Cl2N2O5P. The van der Waals surface area contributed by atoms with Crippen LogP contribution in [0.15, 0.2) is 0 Å². The third-order valence-electron chi connectivity index (χ3n) is 3.38. The number of rotatable bonds is 7. The Morgan fingerprint density at radius 3 is 2.55 bits per heavy atom. The van der Waals surface area contributed by atoms with E-state index in [1.54, 1.807) is 4.67 Å². The van der Waals surface area contributed by atoms with Crippen LogP contribution in [0.5, 0.6) is 0 Å². The van der Waals surface area contributed by atoms with Crippen LogP contribution in [0.1, 0.15) is 0 Å². The topological polar surface area (TPSA) is 80.3 Å². The van der Waals surface area contributed by atoms with E-state index >= 15 is 0 Å². The van der Waals surface area contributed by atoms with E-state index in [0.29, 0.717) is 24.8 Å². The molecule has 0 aromatic carbocycles. The lowest BCUT2D eigenvalue weighted by atomic mass is 10.1. The minimum atomic E-state index is -3.25. The lowest BCUT2D eigenvalue weighted by Crippen LogP contribution is -2.39. The van der Waals surface area contributed by atoms with Crippen LogP contribution < -0.4 is 5.09 Å². The number of hydrogen-bond donors (Lipinski definition) is 2. The summed E-state index contributed by atoms with van der Waals surface area (Å²) in [5.74, 6) is 0.629. The van der Waals surface area contributed by atoms with Gasteiger partial charge in [-0.25, -0.2) is 9.76 Å². The molecule has 0 bridgehead atoms. The fourth-order valence-electron chi connectivity index (χ4n) is 2.44. The van der Waals surface area contributed by atoms with Crippen molar-refractivity contribution in [2.45, 2.75) is 24.5 Å². The summed E-state index contributed by atoms with van der Waals surface area (Å²) >= 11 is 11.5. The zero-order chi connectivity index (χ0) is 14.8. The predicted molar refractivity (Wildman–Crippen MR) is 75.2 cm³/mol. The number of fused-ring (bicyclic) bond motifs is 1. The Morgan fingerprint density at radius 2 is 2.05 bits per heavy atom. The maximum absolute atomic E-state index is 12.9. The predicted octanol–water partition coefficient (Wildman–Crippen LogP) is 0.595. The second-order valence-electron chi connectivity index (χ2n) is 4.54. The van der Waals surface area contributed by atoms with Gasteiger partial charge in [0, 0.05) is 32.0 Å². The molecule has 118 valence electrons. The minimum absolute atomic E-state index is 0.206. The van der Waals surface area contributed by atoms with E-state index in [4.69, 9.17) is 37.2 Å². The summed E-state index contributed by atoms with van der Waals surface area (Å²) in [6, 6.07) is -0.385. The van der Waals surface area contributed by atoms with Crippen molar-refractivity contribution in [1.82, 2.24) is 9.76 Å². The second kappa shape index (κ2) is 7.22. The lowest BCUT2D eigenvalue weighted by Gasteiger charge is -2.28. The van der Waals surface area contributed by atoms with E-state index in [-0.39, 0.29) is 12.6 Å². The third kappa shape index (κ3) is 3.16. The van der Waals surface area contributed by atoms with Crippen LogP contribution in [0.2, 0.25) is 0 Å². The smallest absolute Gasteiger partial charge is 0.344 e. The van der Waals surface area contributed by atoms with Crippen molar-refractivity contribution >= 4 is 30.9 Å². The molecule has 2 aliphatic heterocycles. The Bertz CT molecular complexity index is 350. The van der Waals surface area contributed by atoms with E-state index < -0.39 is 26.2 Å². The maximum atomic E-state index is 12.9. The van der Waals surface area contributed by atoms with Crippen molar-refractivity contribution < 1.29 is 23.7 Å². The molecule has 2 heterocycles. The molecule has 0 amide bonds. The summed E-state index contributed by atoms with van der Waals surface area (Å²) in [5, 5.41) is 12.3. The number of ether oxygens (including phenoxy) is 2. The first kappa shape index (κ1) is 16.9. The number of halogens is 2. The van der Waals surface area contributed by atoms with Crippen molar-refractivity contribution in [3.8, 4) is 0 Å². The van der Waals surface area contributed by atoms with Crippen molar-refractivity contribution in [3.05, 3.63) is 0 Å². The molecule has 0 aromatic rings. The summed E-state index contributed by atoms with van der Waals surface area (Å²) in [4.78, 5) is 0. The normalized spacial score (nSPS) is 40.5.